The second-order valence-electron chi connectivity index (χ2n) is 8.83. The summed E-state index contributed by atoms with van der Waals surface area (Å²) in [7, 11) is 3.74. The van der Waals surface area contributed by atoms with Crippen LogP contribution in [0.2, 0.25) is 0 Å². The van der Waals surface area contributed by atoms with E-state index in [0.717, 1.165) is 29.7 Å². The Morgan fingerprint density at radius 2 is 1.94 bits per heavy atom. The van der Waals surface area contributed by atoms with E-state index in [1.165, 1.54) is 6.33 Å². The molecule has 3 aromatic heterocycles. The quantitative estimate of drug-likeness (QED) is 0.516. The van der Waals surface area contributed by atoms with Gasteiger partial charge < -0.3 is 24.4 Å². The number of piperidine rings is 1. The van der Waals surface area contributed by atoms with Crippen molar-refractivity contribution < 1.29 is 18.3 Å². The van der Waals surface area contributed by atoms with Gasteiger partial charge in [-0.25, -0.2) is 19.9 Å². The highest BCUT2D eigenvalue weighted by Gasteiger charge is 2.35. The van der Waals surface area contributed by atoms with Gasteiger partial charge in [0.1, 0.15) is 18.7 Å². The lowest BCUT2D eigenvalue weighted by Crippen LogP contribution is -2.54. The summed E-state index contributed by atoms with van der Waals surface area (Å²) in [6, 6.07) is 0. The zero-order valence-electron chi connectivity index (χ0n) is 19.1. The Morgan fingerprint density at radius 3 is 2.68 bits per heavy atom. The normalized spacial score (nSPS) is 19.2. The van der Waals surface area contributed by atoms with E-state index < -0.39 is 18.3 Å². The first kappa shape index (κ1) is 24.1. The minimum atomic E-state index is -4.37. The SMILES string of the molecule is CN(CCN(C)c1ncnc2c1ncn2CC(F)(F)F)CC1(O)CCCN(c2cnccn2)C1. The number of β-amino-alcohol motifs (C(OH)–C–C–N with tert-alkyl or cyclic N) is 1. The van der Waals surface area contributed by atoms with Crippen molar-refractivity contribution in [2.75, 3.05) is 56.6 Å². The summed E-state index contributed by atoms with van der Waals surface area (Å²) in [6.45, 7) is 1.75. The molecular formula is C21H28F3N9O. The summed E-state index contributed by atoms with van der Waals surface area (Å²) in [5, 5.41) is 11.2. The summed E-state index contributed by atoms with van der Waals surface area (Å²) in [5.41, 5.74) is -0.424. The van der Waals surface area contributed by atoms with Gasteiger partial charge in [-0.1, -0.05) is 0 Å². The molecule has 0 aromatic carbocycles. The summed E-state index contributed by atoms with van der Waals surface area (Å²) in [4.78, 5) is 26.7. The van der Waals surface area contributed by atoms with Gasteiger partial charge in [-0.2, -0.15) is 13.2 Å². The summed E-state index contributed by atoms with van der Waals surface area (Å²) < 4.78 is 39.4. The largest absolute Gasteiger partial charge is 0.406 e. The van der Waals surface area contributed by atoms with Gasteiger partial charge in [0.2, 0.25) is 0 Å². The van der Waals surface area contributed by atoms with Crippen LogP contribution in [0.25, 0.3) is 11.2 Å². The molecule has 0 spiro atoms. The molecule has 0 bridgehead atoms. The topological polar surface area (TPSA) is 99.3 Å². The molecule has 34 heavy (non-hydrogen) atoms. The summed E-state index contributed by atoms with van der Waals surface area (Å²) >= 11 is 0. The number of likely N-dealkylation sites (N-methyl/N-ethyl adjacent to an activating group) is 2. The Kier molecular flexibility index (Phi) is 6.84. The van der Waals surface area contributed by atoms with E-state index in [0.29, 0.717) is 43.9 Å². The minimum absolute atomic E-state index is 0.142. The van der Waals surface area contributed by atoms with E-state index in [1.807, 2.05) is 28.8 Å². The Morgan fingerprint density at radius 1 is 1.12 bits per heavy atom. The highest BCUT2D eigenvalue weighted by Crippen LogP contribution is 2.26. The molecule has 1 aliphatic heterocycles. The van der Waals surface area contributed by atoms with Crippen LogP contribution < -0.4 is 9.80 Å². The molecule has 4 rings (SSSR count). The van der Waals surface area contributed by atoms with E-state index in [1.54, 1.807) is 18.6 Å². The van der Waals surface area contributed by atoms with E-state index in [2.05, 4.69) is 24.9 Å². The molecule has 0 saturated carbocycles. The molecule has 13 heteroatoms. The van der Waals surface area contributed by atoms with Crippen LogP contribution in [0.5, 0.6) is 0 Å². The summed E-state index contributed by atoms with van der Waals surface area (Å²) in [6.07, 6.45) is 4.51. The molecule has 1 N–H and O–H groups in total. The molecule has 4 heterocycles. The van der Waals surface area contributed by atoms with Gasteiger partial charge in [0.05, 0.1) is 18.1 Å². The van der Waals surface area contributed by atoms with Gasteiger partial charge in [0.15, 0.2) is 17.0 Å². The van der Waals surface area contributed by atoms with Crippen LogP contribution >= 0.6 is 0 Å². The van der Waals surface area contributed by atoms with E-state index in [4.69, 9.17) is 0 Å². The fraction of sp³-hybridized carbons (Fsp3) is 0.571. The number of alkyl halides is 3. The Hall–Kier alpha value is -3.06. The molecule has 0 amide bonds. The lowest BCUT2D eigenvalue weighted by molar-refractivity contribution is -0.140. The maximum Gasteiger partial charge on any atom is 0.406 e. The number of imidazole rings is 1. The van der Waals surface area contributed by atoms with Gasteiger partial charge >= 0.3 is 6.18 Å². The number of hydrogen-bond donors (Lipinski definition) is 1. The van der Waals surface area contributed by atoms with Crippen LogP contribution in [0.1, 0.15) is 12.8 Å². The van der Waals surface area contributed by atoms with Crippen molar-refractivity contribution in [3.8, 4) is 0 Å². The number of hydrogen-bond acceptors (Lipinski definition) is 9. The zero-order chi connectivity index (χ0) is 24.3. The highest BCUT2D eigenvalue weighted by atomic mass is 19.4. The third-order valence-electron chi connectivity index (χ3n) is 5.90. The molecule has 10 nitrogen and oxygen atoms in total. The molecule has 184 valence electrons. The number of anilines is 2. The first-order valence-corrected chi connectivity index (χ1v) is 11.0. The van der Waals surface area contributed by atoms with Gasteiger partial charge in [0, 0.05) is 52.2 Å². The number of aliphatic hydroxyl groups is 1. The molecule has 1 fully saturated rings. The standard InChI is InChI=1S/C21H28F3N9O/c1-30(11-20(34)4-3-7-32(12-20)16-10-25-5-6-26-16)8-9-31(2)18-17-19(28-14-27-18)33(15-29-17)13-21(22,23)24/h5-6,10,14-15,34H,3-4,7-9,11-13H2,1-2H3. The monoisotopic (exact) mass is 479 g/mol. The third-order valence-corrected chi connectivity index (χ3v) is 5.90. The Balaban J connectivity index is 1.36. The van der Waals surface area contributed by atoms with Crippen molar-refractivity contribution in [1.82, 2.24) is 34.4 Å². The van der Waals surface area contributed by atoms with Gasteiger partial charge in [-0.3, -0.25) is 4.98 Å². The van der Waals surface area contributed by atoms with E-state index >= 15 is 0 Å². The molecule has 0 aliphatic carbocycles. The fourth-order valence-corrected chi connectivity index (χ4v) is 4.36. The first-order chi connectivity index (χ1) is 16.1. The molecular weight excluding hydrogens is 451 g/mol. The lowest BCUT2D eigenvalue weighted by Gasteiger charge is -2.41. The summed E-state index contributed by atoms with van der Waals surface area (Å²) in [5.74, 6) is 1.21. The third kappa shape index (κ3) is 5.70. The van der Waals surface area contributed by atoms with Crippen LogP contribution in [0.15, 0.2) is 31.2 Å². The smallest absolute Gasteiger partial charge is 0.387 e. The molecule has 1 unspecified atom stereocenters. The molecule has 3 aromatic rings. The lowest BCUT2D eigenvalue weighted by atomic mass is 9.92. The first-order valence-electron chi connectivity index (χ1n) is 11.0. The average molecular weight is 480 g/mol. The van der Waals surface area contributed by atoms with Crippen LogP contribution in [0.4, 0.5) is 24.8 Å². The van der Waals surface area contributed by atoms with Crippen molar-refractivity contribution in [3.63, 3.8) is 0 Å². The van der Waals surface area contributed by atoms with Gasteiger partial charge in [-0.05, 0) is 19.9 Å². The van der Waals surface area contributed by atoms with Gasteiger partial charge in [0.25, 0.3) is 0 Å². The Bertz CT molecular complexity index is 1090. The number of aromatic nitrogens is 6. The van der Waals surface area contributed by atoms with E-state index in [9.17, 15) is 18.3 Å². The predicted molar refractivity (Wildman–Crippen MR) is 121 cm³/mol. The predicted octanol–water partition coefficient (Wildman–Crippen LogP) is 1.58. The maximum absolute atomic E-state index is 12.8. The highest BCUT2D eigenvalue weighted by molar-refractivity contribution is 5.83. The van der Waals surface area contributed by atoms with Crippen molar-refractivity contribution in [1.29, 1.82) is 0 Å². The Labute approximate surface area is 195 Å². The number of rotatable bonds is 8. The molecule has 1 atom stereocenters. The maximum atomic E-state index is 12.8. The van der Waals surface area contributed by atoms with Crippen LogP contribution in [0, 0.1) is 0 Å². The fourth-order valence-electron chi connectivity index (χ4n) is 4.36. The molecule has 0 radical (unpaired) electrons. The second-order valence-corrected chi connectivity index (χ2v) is 8.83. The second kappa shape index (κ2) is 9.66. The number of fused-ring (bicyclic) bond motifs is 1. The number of nitrogens with zero attached hydrogens (tertiary/aromatic N) is 9. The van der Waals surface area contributed by atoms with Crippen molar-refractivity contribution in [2.45, 2.75) is 31.2 Å². The average Bonchev–Trinajstić information content (AvgIpc) is 3.19. The van der Waals surface area contributed by atoms with Crippen molar-refractivity contribution in [3.05, 3.63) is 31.2 Å². The van der Waals surface area contributed by atoms with Crippen LogP contribution in [0.3, 0.4) is 0 Å². The van der Waals surface area contributed by atoms with Crippen LogP contribution in [-0.4, -0.2) is 98.1 Å². The van der Waals surface area contributed by atoms with Crippen LogP contribution in [-0.2, 0) is 6.54 Å². The van der Waals surface area contributed by atoms with E-state index in [-0.39, 0.29) is 5.65 Å². The number of halogens is 3. The van der Waals surface area contributed by atoms with Gasteiger partial charge in [-0.15, -0.1) is 0 Å². The minimum Gasteiger partial charge on any atom is -0.387 e. The molecule has 1 saturated heterocycles. The molecule has 1 aliphatic rings. The van der Waals surface area contributed by atoms with Crippen molar-refractivity contribution in [2.24, 2.45) is 0 Å². The zero-order valence-corrected chi connectivity index (χ0v) is 19.1. The van der Waals surface area contributed by atoms with Crippen molar-refractivity contribution >= 4 is 22.8 Å².